The number of fused-ring (bicyclic) bond motifs is 3. The zero-order valence-electron chi connectivity index (χ0n) is 23.3. The third kappa shape index (κ3) is 4.75. The van der Waals surface area contributed by atoms with Crippen LogP contribution >= 0.6 is 0 Å². The number of carbonyl (C=O) groups excluding carboxylic acids is 2. The second-order valence-corrected chi connectivity index (χ2v) is 11.7. The Morgan fingerprint density at radius 3 is 2.49 bits per heavy atom. The highest BCUT2D eigenvalue weighted by Crippen LogP contribution is 2.36. The van der Waals surface area contributed by atoms with Gasteiger partial charge in [0.2, 0.25) is 11.9 Å². The van der Waals surface area contributed by atoms with E-state index in [9.17, 15) is 9.59 Å². The third-order valence-corrected chi connectivity index (χ3v) is 8.57. The summed E-state index contributed by atoms with van der Waals surface area (Å²) in [4.78, 5) is 46.0. The Balaban J connectivity index is 1.24. The van der Waals surface area contributed by atoms with Crippen molar-refractivity contribution in [3.8, 4) is 0 Å². The standard InChI is InChI=1S/C29H38N8O2/c1-18(2)36-21-9-10-23(36)17-35(26(38)14-21)22-11-12-25(30-16-22)32-29-31-15-19-13-24(28(39)34(3)4)37(27(19)33-29)20-7-5-6-8-20/h11-13,15-16,18,20-21,23H,5-10,14,17H2,1-4H3,(H,30,31,32,33)/t21-,23?/m1/s1. The number of hydrogen-bond donors (Lipinski definition) is 1. The van der Waals surface area contributed by atoms with Crippen molar-refractivity contribution in [2.24, 2.45) is 0 Å². The number of rotatable bonds is 6. The zero-order chi connectivity index (χ0) is 27.3. The number of carbonyl (C=O) groups is 2. The van der Waals surface area contributed by atoms with Crippen molar-refractivity contribution in [2.75, 3.05) is 30.9 Å². The summed E-state index contributed by atoms with van der Waals surface area (Å²) in [6, 6.07) is 7.14. The van der Waals surface area contributed by atoms with Gasteiger partial charge in [-0.15, -0.1) is 0 Å². The number of pyridine rings is 1. The van der Waals surface area contributed by atoms with E-state index < -0.39 is 0 Å². The highest BCUT2D eigenvalue weighted by molar-refractivity contribution is 5.98. The Kier molecular flexibility index (Phi) is 6.74. The summed E-state index contributed by atoms with van der Waals surface area (Å²) >= 11 is 0. The molecule has 3 aromatic heterocycles. The van der Waals surface area contributed by atoms with Crippen LogP contribution in [0.5, 0.6) is 0 Å². The first-order valence-corrected chi connectivity index (χ1v) is 14.2. The van der Waals surface area contributed by atoms with Gasteiger partial charge in [0.05, 0.1) is 11.9 Å². The maximum absolute atomic E-state index is 13.1. The van der Waals surface area contributed by atoms with E-state index in [0.717, 1.165) is 55.2 Å². The lowest BCUT2D eigenvalue weighted by molar-refractivity contribution is -0.119. The highest BCUT2D eigenvalue weighted by Gasteiger charge is 2.41. The van der Waals surface area contributed by atoms with Crippen molar-refractivity contribution in [3.63, 3.8) is 0 Å². The summed E-state index contributed by atoms with van der Waals surface area (Å²) in [5, 5.41) is 4.08. The molecule has 1 N–H and O–H groups in total. The van der Waals surface area contributed by atoms with Crippen LogP contribution in [0.4, 0.5) is 17.5 Å². The van der Waals surface area contributed by atoms with Crippen LogP contribution in [0.2, 0.25) is 0 Å². The molecule has 10 nitrogen and oxygen atoms in total. The number of amides is 2. The molecule has 1 aliphatic carbocycles. The maximum atomic E-state index is 13.1. The molecule has 6 rings (SSSR count). The Bertz CT molecular complexity index is 1380. The monoisotopic (exact) mass is 530 g/mol. The number of nitrogens with one attached hydrogen (secondary N) is 1. The van der Waals surface area contributed by atoms with E-state index in [-0.39, 0.29) is 17.9 Å². The zero-order valence-corrected chi connectivity index (χ0v) is 23.3. The van der Waals surface area contributed by atoms with E-state index in [4.69, 9.17) is 4.98 Å². The van der Waals surface area contributed by atoms with Crippen molar-refractivity contribution in [1.29, 1.82) is 0 Å². The van der Waals surface area contributed by atoms with Gasteiger partial charge in [0.25, 0.3) is 5.91 Å². The van der Waals surface area contributed by atoms with Gasteiger partial charge in [-0.05, 0) is 57.7 Å². The Hall–Kier alpha value is -3.53. The van der Waals surface area contributed by atoms with Crippen LogP contribution in [0.3, 0.4) is 0 Å². The van der Waals surface area contributed by atoms with E-state index in [1.165, 1.54) is 0 Å². The molecule has 206 valence electrons. The van der Waals surface area contributed by atoms with Crippen molar-refractivity contribution in [3.05, 3.63) is 36.3 Å². The van der Waals surface area contributed by atoms with Gasteiger partial charge in [-0.25, -0.2) is 9.97 Å². The van der Waals surface area contributed by atoms with Gasteiger partial charge in [-0.3, -0.25) is 14.5 Å². The number of anilines is 3. The summed E-state index contributed by atoms with van der Waals surface area (Å²) in [7, 11) is 3.55. The molecule has 3 aromatic rings. The Morgan fingerprint density at radius 1 is 1.03 bits per heavy atom. The first kappa shape index (κ1) is 25.7. The summed E-state index contributed by atoms with van der Waals surface area (Å²) in [5.74, 6) is 1.17. The average Bonchev–Trinajstić information content (AvgIpc) is 3.63. The van der Waals surface area contributed by atoms with Crippen LogP contribution in [0.15, 0.2) is 30.6 Å². The molecule has 10 heteroatoms. The average molecular weight is 531 g/mol. The molecule has 2 atom stereocenters. The summed E-state index contributed by atoms with van der Waals surface area (Å²) in [6.45, 7) is 5.14. The topological polar surface area (TPSA) is 99.5 Å². The lowest BCUT2D eigenvalue weighted by Crippen LogP contribution is -2.43. The predicted octanol–water partition coefficient (Wildman–Crippen LogP) is 4.36. The molecule has 2 aliphatic heterocycles. The largest absolute Gasteiger partial charge is 0.343 e. The normalized spacial score (nSPS) is 22.2. The van der Waals surface area contributed by atoms with Gasteiger partial charge >= 0.3 is 0 Å². The summed E-state index contributed by atoms with van der Waals surface area (Å²) in [6.07, 6.45) is 10.7. The fourth-order valence-electron chi connectivity index (χ4n) is 6.82. The molecule has 2 amide bonds. The lowest BCUT2D eigenvalue weighted by atomic mass is 10.1. The number of hydrogen-bond acceptors (Lipinski definition) is 7. The van der Waals surface area contributed by atoms with Crippen LogP contribution in [-0.2, 0) is 4.79 Å². The minimum absolute atomic E-state index is 0.0283. The van der Waals surface area contributed by atoms with Crippen molar-refractivity contribution in [2.45, 2.75) is 83.0 Å². The molecule has 5 heterocycles. The summed E-state index contributed by atoms with van der Waals surface area (Å²) < 4.78 is 2.10. The van der Waals surface area contributed by atoms with Gasteiger partial charge in [0, 0.05) is 62.8 Å². The molecule has 1 saturated carbocycles. The quantitative estimate of drug-likeness (QED) is 0.505. The lowest BCUT2D eigenvalue weighted by Gasteiger charge is -2.31. The van der Waals surface area contributed by atoms with E-state index in [0.29, 0.717) is 48.6 Å². The van der Waals surface area contributed by atoms with E-state index in [1.807, 2.05) is 23.1 Å². The molecule has 0 radical (unpaired) electrons. The first-order chi connectivity index (χ1) is 18.8. The minimum Gasteiger partial charge on any atom is -0.343 e. The van der Waals surface area contributed by atoms with Crippen molar-refractivity contribution < 1.29 is 9.59 Å². The molecular weight excluding hydrogens is 492 g/mol. The van der Waals surface area contributed by atoms with E-state index in [1.54, 1.807) is 31.4 Å². The van der Waals surface area contributed by atoms with Gasteiger partial charge in [-0.2, -0.15) is 4.98 Å². The molecule has 2 saturated heterocycles. The Labute approximate surface area is 229 Å². The second-order valence-electron chi connectivity index (χ2n) is 11.7. The van der Waals surface area contributed by atoms with Crippen LogP contribution in [0.1, 0.15) is 75.3 Å². The van der Waals surface area contributed by atoms with Crippen molar-refractivity contribution >= 4 is 40.3 Å². The van der Waals surface area contributed by atoms with Crippen LogP contribution < -0.4 is 10.2 Å². The van der Waals surface area contributed by atoms with Crippen LogP contribution in [0, 0.1) is 0 Å². The molecule has 0 spiro atoms. The molecule has 2 bridgehead atoms. The SMILES string of the molecule is CC(C)N1C2CC[C@@H]1CC(=O)N(c1ccc(Nc3ncc4cc(C(=O)N(C)C)n(C5CCCC5)c4n3)nc1)C2. The number of aromatic nitrogens is 4. The fraction of sp³-hybridized carbons (Fsp3) is 0.552. The molecule has 0 aromatic carbocycles. The van der Waals surface area contributed by atoms with Crippen LogP contribution in [0.25, 0.3) is 11.0 Å². The maximum Gasteiger partial charge on any atom is 0.270 e. The van der Waals surface area contributed by atoms with Crippen LogP contribution in [-0.4, -0.2) is 79.9 Å². The van der Waals surface area contributed by atoms with E-state index in [2.05, 4.69) is 38.6 Å². The minimum atomic E-state index is -0.0283. The molecule has 3 aliphatic rings. The van der Waals surface area contributed by atoms with Gasteiger partial charge in [0.1, 0.15) is 17.2 Å². The molecular formula is C29H38N8O2. The van der Waals surface area contributed by atoms with Gasteiger partial charge in [-0.1, -0.05) is 12.8 Å². The first-order valence-electron chi connectivity index (χ1n) is 14.2. The smallest absolute Gasteiger partial charge is 0.270 e. The van der Waals surface area contributed by atoms with Gasteiger partial charge < -0.3 is 19.7 Å². The van der Waals surface area contributed by atoms with Crippen molar-refractivity contribution in [1.82, 2.24) is 29.3 Å². The molecule has 3 fully saturated rings. The molecule has 1 unspecified atom stereocenters. The second kappa shape index (κ2) is 10.2. The highest BCUT2D eigenvalue weighted by atomic mass is 16.2. The third-order valence-electron chi connectivity index (χ3n) is 8.57. The fourth-order valence-corrected chi connectivity index (χ4v) is 6.82. The molecule has 39 heavy (non-hydrogen) atoms. The summed E-state index contributed by atoms with van der Waals surface area (Å²) in [5.41, 5.74) is 2.24. The van der Waals surface area contributed by atoms with E-state index >= 15 is 0 Å². The predicted molar refractivity (Wildman–Crippen MR) is 151 cm³/mol. The number of nitrogens with zero attached hydrogens (tertiary/aromatic N) is 7. The Morgan fingerprint density at radius 2 is 1.79 bits per heavy atom. The van der Waals surface area contributed by atoms with Gasteiger partial charge in [0.15, 0.2) is 0 Å².